The number of imide groups is 1. The zero-order valence-corrected chi connectivity index (χ0v) is 16.9. The molecule has 0 spiro atoms. The summed E-state index contributed by atoms with van der Waals surface area (Å²) in [6.07, 6.45) is 6.84. The van der Waals surface area contributed by atoms with Crippen molar-refractivity contribution in [1.29, 1.82) is 5.26 Å². The summed E-state index contributed by atoms with van der Waals surface area (Å²) in [7, 11) is 0. The molecule has 1 aliphatic rings. The van der Waals surface area contributed by atoms with Crippen LogP contribution in [0.1, 0.15) is 16.7 Å². The smallest absolute Gasteiger partial charge is 0.293 e. The first-order chi connectivity index (χ1) is 13.5. The SMILES string of the molecule is C#CCOc1ccc(/C=C2/SC(=O)N(Cc3ccccc3C#N)C2=O)cc1Br. The fourth-order valence-electron chi connectivity index (χ4n) is 2.57. The van der Waals surface area contributed by atoms with Crippen LogP contribution in [0.4, 0.5) is 4.79 Å². The lowest BCUT2D eigenvalue weighted by atomic mass is 10.1. The van der Waals surface area contributed by atoms with Crippen LogP contribution in [0.3, 0.4) is 0 Å². The lowest BCUT2D eigenvalue weighted by Gasteiger charge is -2.13. The Morgan fingerprint density at radius 2 is 2.04 bits per heavy atom. The summed E-state index contributed by atoms with van der Waals surface area (Å²) in [4.78, 5) is 26.5. The molecule has 2 aromatic rings. The van der Waals surface area contributed by atoms with Crippen molar-refractivity contribution < 1.29 is 14.3 Å². The topological polar surface area (TPSA) is 70.4 Å². The van der Waals surface area contributed by atoms with Gasteiger partial charge in [-0.05, 0) is 63.1 Å². The minimum atomic E-state index is -0.383. The third-order valence-electron chi connectivity index (χ3n) is 3.90. The largest absolute Gasteiger partial charge is 0.480 e. The number of nitriles is 1. The molecule has 3 rings (SSSR count). The van der Waals surface area contributed by atoms with E-state index in [0.29, 0.717) is 26.3 Å². The lowest BCUT2D eigenvalue weighted by Crippen LogP contribution is -2.27. The number of ether oxygens (including phenoxy) is 1. The molecular formula is C21H13BrN2O3S. The van der Waals surface area contributed by atoms with Crippen LogP contribution >= 0.6 is 27.7 Å². The van der Waals surface area contributed by atoms with Crippen LogP contribution in [0.5, 0.6) is 5.75 Å². The van der Waals surface area contributed by atoms with Crippen molar-refractivity contribution in [2.75, 3.05) is 6.61 Å². The van der Waals surface area contributed by atoms with E-state index < -0.39 is 0 Å². The van der Waals surface area contributed by atoms with Gasteiger partial charge in [-0.3, -0.25) is 14.5 Å². The van der Waals surface area contributed by atoms with Crippen LogP contribution < -0.4 is 4.74 Å². The summed E-state index contributed by atoms with van der Waals surface area (Å²) in [6.45, 7) is 0.218. The van der Waals surface area contributed by atoms with Gasteiger partial charge in [0.25, 0.3) is 11.1 Å². The van der Waals surface area contributed by atoms with Gasteiger partial charge in [-0.15, -0.1) is 6.42 Å². The molecule has 2 aromatic carbocycles. The van der Waals surface area contributed by atoms with Crippen molar-refractivity contribution in [2.24, 2.45) is 0 Å². The number of thioether (sulfide) groups is 1. The Labute approximate surface area is 175 Å². The minimum Gasteiger partial charge on any atom is -0.480 e. The van der Waals surface area contributed by atoms with Crippen LogP contribution in [-0.4, -0.2) is 22.7 Å². The first-order valence-corrected chi connectivity index (χ1v) is 9.73. The fraction of sp³-hybridized carbons (Fsp3) is 0.0952. The molecule has 1 fully saturated rings. The second-order valence-corrected chi connectivity index (χ2v) is 7.57. The second-order valence-electron chi connectivity index (χ2n) is 5.72. The molecule has 0 saturated carbocycles. The Morgan fingerprint density at radius 1 is 1.25 bits per heavy atom. The number of carbonyl (C=O) groups excluding carboxylic acids is 2. The van der Waals surface area contributed by atoms with Crippen molar-refractivity contribution in [3.05, 3.63) is 68.5 Å². The average Bonchev–Trinajstić information content (AvgIpc) is 2.95. The summed E-state index contributed by atoms with van der Waals surface area (Å²) in [5.41, 5.74) is 1.81. The number of benzene rings is 2. The number of rotatable bonds is 5. The van der Waals surface area contributed by atoms with E-state index in [4.69, 9.17) is 11.2 Å². The highest BCUT2D eigenvalue weighted by Crippen LogP contribution is 2.35. The Hall–Kier alpha value is -3.00. The highest BCUT2D eigenvalue weighted by Gasteiger charge is 2.35. The van der Waals surface area contributed by atoms with E-state index in [-0.39, 0.29) is 24.3 Å². The Bertz CT molecular complexity index is 1070. The predicted molar refractivity (Wildman–Crippen MR) is 111 cm³/mol. The highest BCUT2D eigenvalue weighted by atomic mass is 79.9. The number of nitrogens with zero attached hydrogens (tertiary/aromatic N) is 2. The quantitative estimate of drug-likeness (QED) is 0.490. The fourth-order valence-corrected chi connectivity index (χ4v) is 3.92. The Morgan fingerprint density at radius 3 is 2.75 bits per heavy atom. The molecule has 7 heteroatoms. The van der Waals surface area contributed by atoms with Gasteiger partial charge < -0.3 is 4.74 Å². The molecular weight excluding hydrogens is 440 g/mol. The molecule has 0 aliphatic carbocycles. The number of hydrogen-bond acceptors (Lipinski definition) is 5. The minimum absolute atomic E-state index is 0.0638. The molecule has 1 saturated heterocycles. The van der Waals surface area contributed by atoms with Gasteiger partial charge in [-0.25, -0.2) is 0 Å². The maximum absolute atomic E-state index is 12.7. The van der Waals surface area contributed by atoms with E-state index in [0.717, 1.165) is 22.2 Å². The van der Waals surface area contributed by atoms with Crippen molar-refractivity contribution >= 4 is 44.9 Å². The summed E-state index contributed by atoms with van der Waals surface area (Å²) in [5, 5.41) is 8.83. The standard InChI is InChI=1S/C21H13BrN2O3S/c1-2-9-27-18-8-7-14(10-17(18)22)11-19-20(25)24(21(26)28-19)13-16-6-4-3-5-15(16)12-23/h1,3-8,10-11H,9,13H2/b19-11+. The molecule has 0 aromatic heterocycles. The first-order valence-electron chi connectivity index (χ1n) is 8.12. The van der Waals surface area contributed by atoms with Crippen LogP contribution in [0.2, 0.25) is 0 Å². The van der Waals surface area contributed by atoms with E-state index in [2.05, 4.69) is 27.9 Å². The monoisotopic (exact) mass is 452 g/mol. The molecule has 5 nitrogen and oxygen atoms in total. The number of amides is 2. The average molecular weight is 453 g/mol. The van der Waals surface area contributed by atoms with Crippen LogP contribution in [0, 0.1) is 23.7 Å². The molecule has 0 N–H and O–H groups in total. The summed E-state index contributed by atoms with van der Waals surface area (Å²) in [6, 6.07) is 14.3. The zero-order valence-electron chi connectivity index (χ0n) is 14.5. The summed E-state index contributed by atoms with van der Waals surface area (Å²) < 4.78 is 6.08. The van der Waals surface area contributed by atoms with Gasteiger partial charge in [0.1, 0.15) is 12.4 Å². The van der Waals surface area contributed by atoms with Crippen LogP contribution in [0.15, 0.2) is 51.8 Å². The number of carbonyl (C=O) groups is 2. The normalized spacial score (nSPS) is 14.8. The molecule has 138 valence electrons. The molecule has 1 aliphatic heterocycles. The van der Waals surface area contributed by atoms with Gasteiger partial charge in [0.15, 0.2) is 0 Å². The van der Waals surface area contributed by atoms with E-state index in [9.17, 15) is 14.9 Å². The number of terminal acetylenes is 1. The molecule has 0 unspecified atom stereocenters. The van der Waals surface area contributed by atoms with Crippen molar-refractivity contribution in [3.8, 4) is 24.2 Å². The predicted octanol–water partition coefficient (Wildman–Crippen LogP) is 4.57. The van der Waals surface area contributed by atoms with Crippen LogP contribution in [0.25, 0.3) is 6.08 Å². The van der Waals surface area contributed by atoms with Crippen LogP contribution in [-0.2, 0) is 11.3 Å². The summed E-state index contributed by atoms with van der Waals surface area (Å²) >= 11 is 4.28. The van der Waals surface area contributed by atoms with Gasteiger partial charge in [-0.2, -0.15) is 5.26 Å². The van der Waals surface area contributed by atoms with Crippen molar-refractivity contribution in [3.63, 3.8) is 0 Å². The number of halogens is 1. The Balaban J connectivity index is 1.81. The molecule has 0 atom stereocenters. The van der Waals surface area contributed by atoms with Gasteiger partial charge in [0.2, 0.25) is 0 Å². The maximum Gasteiger partial charge on any atom is 0.293 e. The molecule has 0 bridgehead atoms. The van der Waals surface area contributed by atoms with Gasteiger partial charge in [0.05, 0.1) is 27.6 Å². The van der Waals surface area contributed by atoms with Crippen molar-refractivity contribution in [2.45, 2.75) is 6.54 Å². The maximum atomic E-state index is 12.7. The van der Waals surface area contributed by atoms with E-state index in [1.54, 1.807) is 48.5 Å². The third-order valence-corrected chi connectivity index (χ3v) is 5.43. The van der Waals surface area contributed by atoms with E-state index in [1.165, 1.54) is 0 Å². The Kier molecular flexibility index (Phi) is 6.20. The first kappa shape index (κ1) is 19.8. The van der Waals surface area contributed by atoms with Crippen molar-refractivity contribution in [1.82, 2.24) is 4.90 Å². The highest BCUT2D eigenvalue weighted by molar-refractivity contribution is 9.10. The van der Waals surface area contributed by atoms with Gasteiger partial charge >= 0.3 is 0 Å². The van der Waals surface area contributed by atoms with E-state index >= 15 is 0 Å². The van der Waals surface area contributed by atoms with Gasteiger partial charge in [0, 0.05) is 0 Å². The third kappa shape index (κ3) is 4.28. The molecule has 2 amide bonds. The summed E-state index contributed by atoms with van der Waals surface area (Å²) in [5.74, 6) is 2.61. The lowest BCUT2D eigenvalue weighted by molar-refractivity contribution is -0.123. The van der Waals surface area contributed by atoms with Gasteiger partial charge in [-0.1, -0.05) is 30.2 Å². The molecule has 0 radical (unpaired) electrons. The molecule has 28 heavy (non-hydrogen) atoms. The van der Waals surface area contributed by atoms with E-state index in [1.807, 2.05) is 0 Å². The molecule has 1 heterocycles. The number of hydrogen-bond donors (Lipinski definition) is 0. The second kappa shape index (κ2) is 8.79. The zero-order chi connectivity index (χ0) is 20.1.